The van der Waals surface area contributed by atoms with Gasteiger partial charge >= 0.3 is 0 Å². The van der Waals surface area contributed by atoms with E-state index >= 15 is 0 Å². The zero-order valence-corrected chi connectivity index (χ0v) is 12.1. The SMILES string of the molecule is OC(c1ccc(Cl)c(Cl)c1)C1CN2CCCC2CO1. The molecule has 0 spiro atoms. The van der Waals surface area contributed by atoms with Crippen LogP contribution in [0.3, 0.4) is 0 Å². The topological polar surface area (TPSA) is 32.7 Å². The van der Waals surface area contributed by atoms with E-state index in [-0.39, 0.29) is 6.10 Å². The van der Waals surface area contributed by atoms with E-state index < -0.39 is 6.10 Å². The third-order valence-electron chi connectivity index (χ3n) is 4.05. The molecule has 0 radical (unpaired) electrons. The van der Waals surface area contributed by atoms with Gasteiger partial charge in [0.2, 0.25) is 0 Å². The lowest BCUT2D eigenvalue weighted by Gasteiger charge is -2.37. The second kappa shape index (κ2) is 5.58. The quantitative estimate of drug-likeness (QED) is 0.912. The van der Waals surface area contributed by atoms with Crippen LogP contribution in [0.25, 0.3) is 0 Å². The van der Waals surface area contributed by atoms with Gasteiger partial charge in [-0.05, 0) is 37.1 Å². The maximum absolute atomic E-state index is 10.4. The van der Waals surface area contributed by atoms with E-state index in [2.05, 4.69) is 4.90 Å². The second-order valence-corrected chi connectivity index (χ2v) is 6.10. The lowest BCUT2D eigenvalue weighted by Crippen LogP contribution is -2.48. The fourth-order valence-corrected chi connectivity index (χ4v) is 3.25. The van der Waals surface area contributed by atoms with Crippen molar-refractivity contribution in [2.75, 3.05) is 19.7 Å². The van der Waals surface area contributed by atoms with Gasteiger partial charge in [-0.1, -0.05) is 29.3 Å². The summed E-state index contributed by atoms with van der Waals surface area (Å²) in [5, 5.41) is 11.4. The molecule has 0 bridgehead atoms. The highest BCUT2D eigenvalue weighted by Gasteiger charge is 2.35. The third kappa shape index (κ3) is 2.76. The summed E-state index contributed by atoms with van der Waals surface area (Å²) in [6.07, 6.45) is 1.59. The van der Waals surface area contributed by atoms with Gasteiger partial charge in [0, 0.05) is 12.6 Å². The van der Waals surface area contributed by atoms with Gasteiger partial charge in [-0.3, -0.25) is 4.90 Å². The Balaban J connectivity index is 1.72. The number of morpholine rings is 1. The van der Waals surface area contributed by atoms with Crippen molar-refractivity contribution in [2.45, 2.75) is 31.1 Å². The number of ether oxygens (including phenoxy) is 1. The molecule has 0 amide bonds. The Kier molecular flexibility index (Phi) is 4.01. The number of fused-ring (bicyclic) bond motifs is 1. The molecule has 1 N–H and O–H groups in total. The number of aliphatic hydroxyl groups excluding tert-OH is 1. The molecule has 2 saturated heterocycles. The highest BCUT2D eigenvalue weighted by Crippen LogP contribution is 2.31. The van der Waals surface area contributed by atoms with Crippen molar-refractivity contribution in [3.63, 3.8) is 0 Å². The Labute approximate surface area is 123 Å². The lowest BCUT2D eigenvalue weighted by molar-refractivity contribution is -0.103. The van der Waals surface area contributed by atoms with Gasteiger partial charge in [0.1, 0.15) is 12.2 Å². The van der Waals surface area contributed by atoms with E-state index in [0.717, 1.165) is 18.7 Å². The van der Waals surface area contributed by atoms with Gasteiger partial charge in [-0.15, -0.1) is 0 Å². The number of halogens is 2. The highest BCUT2D eigenvalue weighted by molar-refractivity contribution is 6.42. The smallest absolute Gasteiger partial charge is 0.106 e. The molecular weight excluding hydrogens is 285 g/mol. The van der Waals surface area contributed by atoms with E-state index in [9.17, 15) is 5.11 Å². The summed E-state index contributed by atoms with van der Waals surface area (Å²) in [6, 6.07) is 5.77. The third-order valence-corrected chi connectivity index (χ3v) is 4.79. The van der Waals surface area contributed by atoms with Crippen molar-refractivity contribution in [1.29, 1.82) is 0 Å². The van der Waals surface area contributed by atoms with Crippen molar-refractivity contribution in [3.05, 3.63) is 33.8 Å². The number of aliphatic hydroxyl groups is 1. The molecule has 2 heterocycles. The largest absolute Gasteiger partial charge is 0.386 e. The molecule has 104 valence electrons. The summed E-state index contributed by atoms with van der Waals surface area (Å²) < 4.78 is 5.81. The van der Waals surface area contributed by atoms with Crippen LogP contribution in [-0.2, 0) is 4.74 Å². The highest BCUT2D eigenvalue weighted by atomic mass is 35.5. The number of benzene rings is 1. The average molecular weight is 302 g/mol. The van der Waals surface area contributed by atoms with Crippen molar-refractivity contribution in [2.24, 2.45) is 0 Å². The van der Waals surface area contributed by atoms with E-state index in [1.165, 1.54) is 12.8 Å². The van der Waals surface area contributed by atoms with Gasteiger partial charge < -0.3 is 9.84 Å². The van der Waals surface area contributed by atoms with Crippen LogP contribution in [0.2, 0.25) is 10.0 Å². The predicted octanol–water partition coefficient (Wildman–Crippen LogP) is 2.89. The molecule has 0 saturated carbocycles. The molecule has 19 heavy (non-hydrogen) atoms. The van der Waals surface area contributed by atoms with E-state index in [4.69, 9.17) is 27.9 Å². The van der Waals surface area contributed by atoms with E-state index in [1.54, 1.807) is 18.2 Å². The van der Waals surface area contributed by atoms with Crippen LogP contribution >= 0.6 is 23.2 Å². The summed E-state index contributed by atoms with van der Waals surface area (Å²) in [5.74, 6) is 0. The molecule has 3 rings (SSSR count). The molecule has 3 atom stereocenters. The van der Waals surface area contributed by atoms with Crippen LogP contribution < -0.4 is 0 Å². The van der Waals surface area contributed by atoms with Crippen LogP contribution in [0, 0.1) is 0 Å². The van der Waals surface area contributed by atoms with Crippen LogP contribution in [0.15, 0.2) is 18.2 Å². The molecule has 1 aromatic carbocycles. The predicted molar refractivity (Wildman–Crippen MR) is 75.8 cm³/mol. The Bertz CT molecular complexity index is 469. The first kappa shape index (κ1) is 13.7. The maximum Gasteiger partial charge on any atom is 0.106 e. The monoisotopic (exact) mass is 301 g/mol. The Morgan fingerprint density at radius 1 is 1.32 bits per heavy atom. The molecule has 5 heteroatoms. The van der Waals surface area contributed by atoms with Crippen molar-refractivity contribution in [3.8, 4) is 0 Å². The first-order valence-electron chi connectivity index (χ1n) is 6.64. The molecule has 0 aromatic heterocycles. The first-order chi connectivity index (χ1) is 9.15. The molecule has 3 nitrogen and oxygen atoms in total. The first-order valence-corrected chi connectivity index (χ1v) is 7.39. The molecule has 2 aliphatic heterocycles. The van der Waals surface area contributed by atoms with Gasteiger partial charge in [-0.2, -0.15) is 0 Å². The maximum atomic E-state index is 10.4. The van der Waals surface area contributed by atoms with Crippen LogP contribution in [0.1, 0.15) is 24.5 Å². The molecule has 3 unspecified atom stereocenters. The second-order valence-electron chi connectivity index (χ2n) is 5.28. The summed E-state index contributed by atoms with van der Waals surface area (Å²) in [5.41, 5.74) is 0.761. The Morgan fingerprint density at radius 2 is 2.16 bits per heavy atom. The molecular formula is C14H17Cl2NO2. The summed E-state index contributed by atoms with van der Waals surface area (Å²) in [6.45, 7) is 2.60. The molecule has 2 fully saturated rings. The van der Waals surface area contributed by atoms with Crippen molar-refractivity contribution < 1.29 is 9.84 Å². The van der Waals surface area contributed by atoms with Crippen molar-refractivity contribution in [1.82, 2.24) is 4.90 Å². The van der Waals surface area contributed by atoms with Gasteiger partial charge in [-0.25, -0.2) is 0 Å². The van der Waals surface area contributed by atoms with Gasteiger partial charge in [0.05, 0.1) is 16.7 Å². The zero-order chi connectivity index (χ0) is 13.4. The van der Waals surface area contributed by atoms with Crippen LogP contribution in [0.4, 0.5) is 0 Å². The minimum absolute atomic E-state index is 0.188. The molecule has 0 aliphatic carbocycles. The number of hydrogen-bond donors (Lipinski definition) is 1. The molecule has 2 aliphatic rings. The average Bonchev–Trinajstić information content (AvgIpc) is 2.88. The van der Waals surface area contributed by atoms with Gasteiger partial charge in [0.15, 0.2) is 0 Å². The normalized spacial score (nSPS) is 29.2. The standard InChI is InChI=1S/C14H17Cl2NO2/c15-11-4-3-9(6-12(11)16)14(18)13-7-17-5-1-2-10(17)8-19-13/h3-4,6,10,13-14,18H,1-2,5,7-8H2. The number of nitrogens with zero attached hydrogens (tertiary/aromatic N) is 1. The fourth-order valence-electron chi connectivity index (χ4n) is 2.94. The zero-order valence-electron chi connectivity index (χ0n) is 10.6. The van der Waals surface area contributed by atoms with E-state index in [1.807, 2.05) is 0 Å². The lowest BCUT2D eigenvalue weighted by atomic mass is 10.0. The number of rotatable bonds is 2. The minimum atomic E-state index is -0.656. The summed E-state index contributed by atoms with van der Waals surface area (Å²) in [7, 11) is 0. The molecule has 1 aromatic rings. The van der Waals surface area contributed by atoms with Crippen LogP contribution in [-0.4, -0.2) is 41.8 Å². The minimum Gasteiger partial charge on any atom is -0.386 e. The Morgan fingerprint density at radius 3 is 2.95 bits per heavy atom. The number of hydrogen-bond acceptors (Lipinski definition) is 3. The van der Waals surface area contributed by atoms with Crippen molar-refractivity contribution >= 4 is 23.2 Å². The Hall–Kier alpha value is -0.320. The van der Waals surface area contributed by atoms with Gasteiger partial charge in [0.25, 0.3) is 0 Å². The summed E-state index contributed by atoms with van der Waals surface area (Å²) in [4.78, 5) is 2.41. The summed E-state index contributed by atoms with van der Waals surface area (Å²) >= 11 is 11.9. The van der Waals surface area contributed by atoms with E-state index in [0.29, 0.717) is 22.7 Å². The fraction of sp³-hybridized carbons (Fsp3) is 0.571. The van der Waals surface area contributed by atoms with Crippen LogP contribution in [0.5, 0.6) is 0 Å².